The third-order valence-electron chi connectivity index (χ3n) is 7.93. The van der Waals surface area contributed by atoms with E-state index in [0.717, 1.165) is 54.6 Å². The lowest BCUT2D eigenvalue weighted by molar-refractivity contribution is 0.0608. The van der Waals surface area contributed by atoms with E-state index in [1.165, 1.54) is 16.7 Å². The van der Waals surface area contributed by atoms with Gasteiger partial charge in [0.05, 0.1) is 37.2 Å². The maximum Gasteiger partial charge on any atom is 0.169 e. The van der Waals surface area contributed by atoms with E-state index in [-0.39, 0.29) is 17.6 Å². The van der Waals surface area contributed by atoms with E-state index >= 15 is 0 Å². The lowest BCUT2D eigenvalue weighted by Gasteiger charge is -2.53. The van der Waals surface area contributed by atoms with Gasteiger partial charge in [-0.25, -0.2) is 4.68 Å². The van der Waals surface area contributed by atoms with Gasteiger partial charge >= 0.3 is 0 Å². The first-order valence-electron chi connectivity index (χ1n) is 11.8. The summed E-state index contributed by atoms with van der Waals surface area (Å²) in [7, 11) is 3.44. The van der Waals surface area contributed by atoms with Crippen LogP contribution in [0.15, 0.2) is 72.1 Å². The predicted molar refractivity (Wildman–Crippen MR) is 126 cm³/mol. The molecule has 2 bridgehead atoms. The van der Waals surface area contributed by atoms with Gasteiger partial charge < -0.3 is 14.2 Å². The van der Waals surface area contributed by atoms with Crippen LogP contribution in [0, 0.1) is 0 Å². The predicted octanol–water partition coefficient (Wildman–Crippen LogP) is 3.58. The normalized spacial score (nSPS) is 26.3. The van der Waals surface area contributed by atoms with Crippen LogP contribution in [-0.4, -0.2) is 52.8 Å². The third kappa shape index (κ3) is 2.56. The average Bonchev–Trinajstić information content (AvgIpc) is 3.48. The largest absolute Gasteiger partial charge is 0.497 e. The van der Waals surface area contributed by atoms with E-state index in [1.807, 2.05) is 47.3 Å². The van der Waals surface area contributed by atoms with Gasteiger partial charge in [-0.1, -0.05) is 35.6 Å². The van der Waals surface area contributed by atoms with Crippen LogP contribution in [0.25, 0.3) is 5.69 Å². The molecule has 34 heavy (non-hydrogen) atoms. The second-order valence-electron chi connectivity index (χ2n) is 9.43. The summed E-state index contributed by atoms with van der Waals surface area (Å²) in [5.41, 5.74) is 5.86. The summed E-state index contributed by atoms with van der Waals surface area (Å²) in [6.45, 7) is 1.71. The maximum atomic E-state index is 6.61. The van der Waals surface area contributed by atoms with Gasteiger partial charge in [0.1, 0.15) is 5.76 Å². The number of likely N-dealkylation sites (tertiary alicyclic amines) is 1. The van der Waals surface area contributed by atoms with Crippen molar-refractivity contribution >= 4 is 0 Å². The molecule has 0 N–H and O–H groups in total. The summed E-state index contributed by atoms with van der Waals surface area (Å²) in [6, 6.07) is 14.7. The number of aromatic nitrogens is 3. The van der Waals surface area contributed by atoms with Crippen LogP contribution in [0.1, 0.15) is 23.2 Å². The van der Waals surface area contributed by atoms with Crippen molar-refractivity contribution in [1.29, 1.82) is 0 Å². The number of para-hydroxylation sites is 1. The molecule has 3 unspecified atom stereocenters. The van der Waals surface area contributed by atoms with Gasteiger partial charge in [0.15, 0.2) is 17.6 Å². The van der Waals surface area contributed by atoms with Crippen molar-refractivity contribution in [2.24, 2.45) is 0 Å². The number of hydrogen-bond donors (Lipinski definition) is 0. The van der Waals surface area contributed by atoms with E-state index in [9.17, 15) is 0 Å². The number of methoxy groups -OCH3 is 2. The molecule has 2 aromatic carbocycles. The summed E-state index contributed by atoms with van der Waals surface area (Å²) in [6.07, 6.45) is 8.16. The molecule has 0 radical (unpaired) electrons. The molecule has 172 valence electrons. The van der Waals surface area contributed by atoms with Crippen molar-refractivity contribution in [3.63, 3.8) is 0 Å². The van der Waals surface area contributed by atoms with Crippen LogP contribution in [-0.2, 0) is 23.1 Å². The molecular formula is C27H26N4O3. The lowest BCUT2D eigenvalue weighted by atomic mass is 9.57. The molecule has 3 aromatic rings. The Balaban J connectivity index is 1.28. The summed E-state index contributed by atoms with van der Waals surface area (Å²) >= 11 is 0. The van der Waals surface area contributed by atoms with Gasteiger partial charge in [0, 0.05) is 24.7 Å². The fraction of sp³-hybridized carbons (Fsp3) is 0.333. The molecule has 7 nitrogen and oxygen atoms in total. The lowest BCUT2D eigenvalue weighted by Crippen LogP contribution is -2.59. The summed E-state index contributed by atoms with van der Waals surface area (Å²) in [4.78, 5) is 2.55. The zero-order chi connectivity index (χ0) is 22.9. The second kappa shape index (κ2) is 7.21. The number of piperidine rings is 1. The molecule has 3 heterocycles. The number of nitrogens with zero attached hydrogens (tertiary/aromatic N) is 4. The van der Waals surface area contributed by atoms with E-state index in [0.29, 0.717) is 0 Å². The Morgan fingerprint density at radius 3 is 2.79 bits per heavy atom. The van der Waals surface area contributed by atoms with Crippen LogP contribution in [0.3, 0.4) is 0 Å². The van der Waals surface area contributed by atoms with Crippen molar-refractivity contribution in [3.8, 4) is 17.2 Å². The van der Waals surface area contributed by atoms with Gasteiger partial charge in [0.2, 0.25) is 0 Å². The smallest absolute Gasteiger partial charge is 0.169 e. The van der Waals surface area contributed by atoms with Crippen molar-refractivity contribution in [1.82, 2.24) is 19.9 Å². The van der Waals surface area contributed by atoms with Crippen molar-refractivity contribution in [2.45, 2.75) is 36.9 Å². The number of ether oxygens (including phenoxy) is 3. The molecule has 1 fully saturated rings. The van der Waals surface area contributed by atoms with Crippen LogP contribution < -0.4 is 9.47 Å². The van der Waals surface area contributed by atoms with Crippen LogP contribution in [0.2, 0.25) is 0 Å². The van der Waals surface area contributed by atoms with Crippen molar-refractivity contribution in [2.75, 3.05) is 20.8 Å². The number of allylic oxidation sites excluding steroid dienone is 2. The van der Waals surface area contributed by atoms with E-state index in [1.54, 1.807) is 14.2 Å². The first-order chi connectivity index (χ1) is 16.7. The minimum Gasteiger partial charge on any atom is -0.497 e. The molecule has 7 rings (SSSR count). The Morgan fingerprint density at radius 1 is 1.09 bits per heavy atom. The molecular weight excluding hydrogens is 428 g/mol. The summed E-state index contributed by atoms with van der Waals surface area (Å²) in [5, 5.41) is 8.86. The highest BCUT2D eigenvalue weighted by molar-refractivity contribution is 5.67. The Kier molecular flexibility index (Phi) is 4.21. The highest BCUT2D eigenvalue weighted by Crippen LogP contribution is 2.62. The molecule has 0 saturated carbocycles. The Morgan fingerprint density at radius 2 is 1.97 bits per heavy atom. The second-order valence-corrected chi connectivity index (χ2v) is 9.43. The molecule has 1 aromatic heterocycles. The topological polar surface area (TPSA) is 61.6 Å². The molecule has 7 heteroatoms. The molecule has 0 amide bonds. The van der Waals surface area contributed by atoms with Gasteiger partial charge in [-0.05, 0) is 48.3 Å². The van der Waals surface area contributed by atoms with Gasteiger partial charge in [-0.2, -0.15) is 0 Å². The molecule has 2 aliphatic carbocycles. The molecule has 3 atom stereocenters. The fourth-order valence-corrected chi connectivity index (χ4v) is 6.47. The third-order valence-corrected chi connectivity index (χ3v) is 7.93. The minimum absolute atomic E-state index is 0.147. The zero-order valence-electron chi connectivity index (χ0n) is 19.3. The Bertz CT molecular complexity index is 1350. The number of hydrogen-bond acceptors (Lipinski definition) is 6. The monoisotopic (exact) mass is 454 g/mol. The summed E-state index contributed by atoms with van der Waals surface area (Å²) in [5.74, 6) is 2.57. The summed E-state index contributed by atoms with van der Waals surface area (Å²) < 4.78 is 19.9. The molecule has 1 saturated heterocycles. The molecule has 1 spiro atoms. The van der Waals surface area contributed by atoms with Crippen molar-refractivity contribution < 1.29 is 14.2 Å². The van der Waals surface area contributed by atoms with Crippen molar-refractivity contribution in [3.05, 3.63) is 89.0 Å². The average molecular weight is 455 g/mol. The highest BCUT2D eigenvalue weighted by Gasteiger charge is 2.62. The highest BCUT2D eigenvalue weighted by atomic mass is 16.6. The Hall–Kier alpha value is -3.58. The molecule has 4 aliphatic rings. The van der Waals surface area contributed by atoms with Gasteiger partial charge in [0.25, 0.3) is 0 Å². The first-order valence-corrected chi connectivity index (χ1v) is 11.8. The van der Waals surface area contributed by atoms with Crippen LogP contribution >= 0.6 is 0 Å². The fourth-order valence-electron chi connectivity index (χ4n) is 6.47. The van der Waals surface area contributed by atoms with E-state index in [4.69, 9.17) is 14.2 Å². The minimum atomic E-state index is -0.194. The van der Waals surface area contributed by atoms with Gasteiger partial charge in [-0.3, -0.25) is 4.90 Å². The van der Waals surface area contributed by atoms with Crippen LogP contribution in [0.5, 0.6) is 11.5 Å². The quantitative estimate of drug-likeness (QED) is 0.587. The van der Waals surface area contributed by atoms with E-state index < -0.39 is 0 Å². The van der Waals surface area contributed by atoms with Gasteiger partial charge in [-0.15, -0.1) is 5.10 Å². The Labute approximate surface area is 198 Å². The van der Waals surface area contributed by atoms with Crippen LogP contribution in [0.4, 0.5) is 0 Å². The first kappa shape index (κ1) is 19.9. The van der Waals surface area contributed by atoms with E-state index in [2.05, 4.69) is 33.4 Å². The molecule has 2 aliphatic heterocycles. The SMILES string of the molecule is COC1=CC=C2C3Cc4ccc(OC)c5c4C2(CCN3Cc2cn(-c3ccccc3)nn2)C1O5. The maximum absolute atomic E-state index is 6.61. The zero-order valence-corrected chi connectivity index (χ0v) is 19.3. The number of rotatable bonds is 5. The standard InChI is InChI=1S/C27H26N4O3/c1-32-22-10-8-17-14-21-20-9-11-23(33-2)26-27(20,24(17)25(22)34-26)12-13-30(21)15-18-16-31(29-28-18)19-6-4-3-5-7-19/h3-11,16,21,26H,12-15H2,1-2H3. The number of benzene rings is 2.